The lowest BCUT2D eigenvalue weighted by molar-refractivity contribution is -0.120. The molecule has 0 aliphatic heterocycles. The Hall–Kier alpha value is -3.41. The number of hydrogen-bond donors (Lipinski definition) is 2. The summed E-state index contributed by atoms with van der Waals surface area (Å²) >= 11 is 0. The lowest BCUT2D eigenvalue weighted by Gasteiger charge is -2.15. The summed E-state index contributed by atoms with van der Waals surface area (Å²) in [5.74, 6) is -1.58. The van der Waals surface area contributed by atoms with Gasteiger partial charge in [0.2, 0.25) is 5.91 Å². The fraction of sp³-hybridized carbons (Fsp3) is 0.0556. The fourth-order valence-corrected chi connectivity index (χ4v) is 2.38. The van der Waals surface area contributed by atoms with Crippen molar-refractivity contribution in [3.63, 3.8) is 0 Å². The zero-order chi connectivity index (χ0) is 17.1. The van der Waals surface area contributed by atoms with E-state index in [1.54, 1.807) is 54.6 Å². The summed E-state index contributed by atoms with van der Waals surface area (Å²) in [5.41, 5.74) is 5.87. The van der Waals surface area contributed by atoms with Gasteiger partial charge in [-0.3, -0.25) is 14.4 Å². The molecule has 6 nitrogen and oxygen atoms in total. The zero-order valence-corrected chi connectivity index (χ0v) is 12.6. The molecule has 0 saturated carbocycles. The van der Waals surface area contributed by atoms with Crippen LogP contribution in [0.1, 0.15) is 22.2 Å². The van der Waals surface area contributed by atoms with Gasteiger partial charge in [0.05, 0.1) is 5.39 Å². The number of para-hydroxylation sites is 1. The number of carbonyl (C=O) groups excluding carboxylic acids is 2. The molecule has 120 valence electrons. The minimum absolute atomic E-state index is 0.180. The van der Waals surface area contributed by atoms with Crippen LogP contribution >= 0.6 is 0 Å². The average molecular weight is 322 g/mol. The van der Waals surface area contributed by atoms with Gasteiger partial charge in [-0.05, 0) is 17.7 Å². The van der Waals surface area contributed by atoms with Crippen LogP contribution in [0.5, 0.6) is 0 Å². The van der Waals surface area contributed by atoms with Crippen molar-refractivity contribution in [3.05, 3.63) is 82.2 Å². The second-order valence-electron chi connectivity index (χ2n) is 5.19. The Morgan fingerprint density at radius 1 is 1.00 bits per heavy atom. The summed E-state index contributed by atoms with van der Waals surface area (Å²) in [6, 6.07) is 15.3. The Balaban J connectivity index is 1.94. The summed E-state index contributed by atoms with van der Waals surface area (Å²) in [4.78, 5) is 36.1. The molecule has 0 aliphatic carbocycles. The number of hydrogen-bond acceptors (Lipinski definition) is 4. The van der Waals surface area contributed by atoms with Crippen LogP contribution in [0.3, 0.4) is 0 Å². The molecule has 1 aromatic heterocycles. The zero-order valence-electron chi connectivity index (χ0n) is 12.6. The van der Waals surface area contributed by atoms with Gasteiger partial charge in [0.25, 0.3) is 5.91 Å². The number of nitrogens with two attached hydrogens (primary N) is 1. The molecule has 0 spiro atoms. The predicted octanol–water partition coefficient (Wildman–Crippen LogP) is 1.75. The minimum Gasteiger partial charge on any atom is -0.451 e. The molecular formula is C18H14N2O4. The van der Waals surface area contributed by atoms with Crippen LogP contribution in [-0.4, -0.2) is 11.8 Å². The third-order valence-corrected chi connectivity index (χ3v) is 3.55. The van der Waals surface area contributed by atoms with Gasteiger partial charge in [-0.1, -0.05) is 42.5 Å². The van der Waals surface area contributed by atoms with Gasteiger partial charge in [-0.25, -0.2) is 0 Å². The van der Waals surface area contributed by atoms with E-state index in [9.17, 15) is 14.4 Å². The van der Waals surface area contributed by atoms with Crippen LogP contribution in [0.25, 0.3) is 11.0 Å². The minimum atomic E-state index is -1.02. The van der Waals surface area contributed by atoms with Gasteiger partial charge >= 0.3 is 0 Å². The number of amides is 2. The van der Waals surface area contributed by atoms with E-state index >= 15 is 0 Å². The fourth-order valence-electron chi connectivity index (χ4n) is 2.38. The standard InChI is InChI=1S/C18H14N2O4/c19-17(22)16(11-6-2-1-3-7-11)20-18(23)15-10-13(21)12-8-4-5-9-14(12)24-15/h1-10,16H,(H2,19,22)(H,20,23)/t16-/m0/s1. The van der Waals surface area contributed by atoms with Gasteiger partial charge in [-0.2, -0.15) is 0 Å². The van der Waals surface area contributed by atoms with Crippen molar-refractivity contribution < 1.29 is 14.0 Å². The van der Waals surface area contributed by atoms with Crippen molar-refractivity contribution in [1.82, 2.24) is 5.32 Å². The smallest absolute Gasteiger partial charge is 0.288 e. The first-order valence-corrected chi connectivity index (χ1v) is 7.24. The van der Waals surface area contributed by atoms with E-state index in [0.29, 0.717) is 16.5 Å². The first-order valence-electron chi connectivity index (χ1n) is 7.24. The van der Waals surface area contributed by atoms with Crippen molar-refractivity contribution >= 4 is 22.8 Å². The Kier molecular flexibility index (Phi) is 4.11. The van der Waals surface area contributed by atoms with Crippen molar-refractivity contribution in [2.24, 2.45) is 5.73 Å². The van der Waals surface area contributed by atoms with E-state index in [1.807, 2.05) is 0 Å². The Morgan fingerprint density at radius 3 is 2.38 bits per heavy atom. The maximum absolute atomic E-state index is 12.4. The summed E-state index contributed by atoms with van der Waals surface area (Å²) < 4.78 is 5.46. The van der Waals surface area contributed by atoms with E-state index < -0.39 is 17.9 Å². The molecule has 0 saturated heterocycles. The second-order valence-corrected chi connectivity index (χ2v) is 5.19. The lowest BCUT2D eigenvalue weighted by atomic mass is 10.1. The normalized spacial score (nSPS) is 11.8. The molecule has 0 bridgehead atoms. The van der Waals surface area contributed by atoms with Crippen LogP contribution in [0, 0.1) is 0 Å². The number of fused-ring (bicyclic) bond motifs is 1. The topological polar surface area (TPSA) is 102 Å². The van der Waals surface area contributed by atoms with Gasteiger partial charge in [0.1, 0.15) is 11.6 Å². The molecule has 2 aromatic carbocycles. The largest absolute Gasteiger partial charge is 0.451 e. The first-order chi connectivity index (χ1) is 11.6. The molecule has 0 radical (unpaired) electrons. The van der Waals surface area contributed by atoms with Crippen LogP contribution in [-0.2, 0) is 4.79 Å². The van der Waals surface area contributed by atoms with Crippen LogP contribution in [0.4, 0.5) is 0 Å². The van der Waals surface area contributed by atoms with Crippen molar-refractivity contribution in [1.29, 1.82) is 0 Å². The molecule has 2 amide bonds. The molecule has 3 rings (SSSR count). The molecule has 3 aromatic rings. The number of nitrogens with one attached hydrogen (secondary N) is 1. The molecule has 24 heavy (non-hydrogen) atoms. The Labute approximate surface area is 136 Å². The average Bonchev–Trinajstić information content (AvgIpc) is 2.60. The highest BCUT2D eigenvalue weighted by Gasteiger charge is 2.22. The quantitative estimate of drug-likeness (QED) is 0.764. The summed E-state index contributed by atoms with van der Waals surface area (Å²) in [5, 5.41) is 2.87. The second kappa shape index (κ2) is 6.37. The van der Waals surface area contributed by atoms with Crippen molar-refractivity contribution in [2.75, 3.05) is 0 Å². The molecule has 6 heteroatoms. The van der Waals surface area contributed by atoms with Gasteiger partial charge < -0.3 is 15.5 Å². The number of primary amides is 1. The highest BCUT2D eigenvalue weighted by atomic mass is 16.3. The third kappa shape index (κ3) is 3.03. The molecule has 1 atom stereocenters. The van der Waals surface area contributed by atoms with E-state index in [2.05, 4.69) is 5.32 Å². The summed E-state index contributed by atoms with van der Waals surface area (Å²) in [6.45, 7) is 0. The van der Waals surface area contributed by atoms with Gasteiger partial charge in [0.15, 0.2) is 11.2 Å². The SMILES string of the molecule is NC(=O)[C@@H](NC(=O)c1cc(=O)c2ccccc2o1)c1ccccc1. The number of benzene rings is 2. The maximum Gasteiger partial charge on any atom is 0.288 e. The molecule has 1 heterocycles. The van der Waals surface area contributed by atoms with Gasteiger partial charge in [0, 0.05) is 6.07 Å². The summed E-state index contributed by atoms with van der Waals surface area (Å²) in [7, 11) is 0. The van der Waals surface area contributed by atoms with Gasteiger partial charge in [-0.15, -0.1) is 0 Å². The Morgan fingerprint density at radius 2 is 1.67 bits per heavy atom. The predicted molar refractivity (Wildman–Crippen MR) is 88.3 cm³/mol. The third-order valence-electron chi connectivity index (χ3n) is 3.55. The molecule has 3 N–H and O–H groups in total. The lowest BCUT2D eigenvalue weighted by Crippen LogP contribution is -2.37. The molecule has 0 unspecified atom stereocenters. The number of carbonyl (C=O) groups is 2. The first kappa shape index (κ1) is 15.5. The maximum atomic E-state index is 12.4. The van der Waals surface area contributed by atoms with E-state index in [1.165, 1.54) is 0 Å². The monoisotopic (exact) mass is 322 g/mol. The number of rotatable bonds is 4. The molecule has 0 aliphatic rings. The van der Waals surface area contributed by atoms with Crippen molar-refractivity contribution in [3.8, 4) is 0 Å². The summed E-state index contributed by atoms with van der Waals surface area (Å²) in [6.07, 6.45) is 0. The Bertz CT molecular complexity index is 963. The van der Waals surface area contributed by atoms with E-state index in [0.717, 1.165) is 6.07 Å². The van der Waals surface area contributed by atoms with Crippen LogP contribution in [0.15, 0.2) is 69.9 Å². The van der Waals surface area contributed by atoms with E-state index in [-0.39, 0.29) is 11.2 Å². The molecule has 0 fully saturated rings. The highest BCUT2D eigenvalue weighted by Crippen LogP contribution is 2.15. The highest BCUT2D eigenvalue weighted by molar-refractivity contribution is 5.96. The van der Waals surface area contributed by atoms with Crippen LogP contribution in [0.2, 0.25) is 0 Å². The molecular weight excluding hydrogens is 308 g/mol. The van der Waals surface area contributed by atoms with Crippen molar-refractivity contribution in [2.45, 2.75) is 6.04 Å². The van der Waals surface area contributed by atoms with Crippen LogP contribution < -0.4 is 16.5 Å². The van der Waals surface area contributed by atoms with E-state index in [4.69, 9.17) is 10.2 Å².